The molecule has 2 aromatic rings. The molecule has 0 radical (unpaired) electrons. The largest absolute Gasteiger partial charge is 0.494 e. The number of para-hydroxylation sites is 1. The first-order valence-corrected chi connectivity index (χ1v) is 9.25. The van der Waals surface area contributed by atoms with E-state index in [1.807, 2.05) is 0 Å². The number of ether oxygens (including phenoxy) is 2. The van der Waals surface area contributed by atoms with E-state index < -0.39 is 23.7 Å². The summed E-state index contributed by atoms with van der Waals surface area (Å²) in [5.74, 6) is -1.01. The van der Waals surface area contributed by atoms with Crippen molar-refractivity contribution in [1.82, 2.24) is 10.9 Å². The van der Waals surface area contributed by atoms with E-state index in [2.05, 4.69) is 17.8 Å². The summed E-state index contributed by atoms with van der Waals surface area (Å²) in [7, 11) is 0. The maximum atomic E-state index is 13.6. The predicted octanol–water partition coefficient (Wildman–Crippen LogP) is 3.62. The van der Waals surface area contributed by atoms with Crippen molar-refractivity contribution in [3.63, 3.8) is 0 Å². The molecule has 6 nitrogen and oxygen atoms in total. The number of halogens is 1. The molecule has 2 N–H and O–H groups in total. The number of hydrazine groups is 1. The van der Waals surface area contributed by atoms with Crippen molar-refractivity contribution in [3.8, 4) is 11.5 Å². The van der Waals surface area contributed by atoms with Gasteiger partial charge in [0.15, 0.2) is 17.7 Å². The molecular formula is C21H25FN2O4. The van der Waals surface area contributed by atoms with Crippen molar-refractivity contribution < 1.29 is 23.5 Å². The molecule has 0 heterocycles. The van der Waals surface area contributed by atoms with Gasteiger partial charge in [0.25, 0.3) is 11.8 Å². The minimum Gasteiger partial charge on any atom is -0.494 e. The molecule has 0 bridgehead atoms. The van der Waals surface area contributed by atoms with Crippen LogP contribution < -0.4 is 20.3 Å². The van der Waals surface area contributed by atoms with Crippen molar-refractivity contribution in [1.29, 1.82) is 0 Å². The van der Waals surface area contributed by atoms with Crippen LogP contribution >= 0.6 is 0 Å². The van der Waals surface area contributed by atoms with E-state index >= 15 is 0 Å². The van der Waals surface area contributed by atoms with E-state index in [9.17, 15) is 14.0 Å². The van der Waals surface area contributed by atoms with E-state index in [0.717, 1.165) is 19.3 Å². The number of benzene rings is 2. The van der Waals surface area contributed by atoms with Gasteiger partial charge in [-0.1, -0.05) is 31.9 Å². The molecule has 1 unspecified atom stereocenters. The van der Waals surface area contributed by atoms with Crippen LogP contribution in [0.3, 0.4) is 0 Å². The van der Waals surface area contributed by atoms with Gasteiger partial charge in [0, 0.05) is 5.56 Å². The highest BCUT2D eigenvalue weighted by molar-refractivity contribution is 5.95. The van der Waals surface area contributed by atoms with Gasteiger partial charge in [-0.2, -0.15) is 0 Å². The molecule has 1 atom stereocenters. The van der Waals surface area contributed by atoms with Crippen LogP contribution in [-0.2, 0) is 4.79 Å². The topological polar surface area (TPSA) is 76.7 Å². The molecule has 7 heteroatoms. The molecule has 0 saturated heterocycles. The number of hydrogen-bond acceptors (Lipinski definition) is 4. The summed E-state index contributed by atoms with van der Waals surface area (Å²) in [5.41, 5.74) is 4.94. The SMILES string of the molecule is CCCCCOc1ccc(C(=O)NNC(=O)C(C)Oc2ccccc2F)cc1. The first-order valence-electron chi connectivity index (χ1n) is 9.25. The summed E-state index contributed by atoms with van der Waals surface area (Å²) in [4.78, 5) is 24.2. The van der Waals surface area contributed by atoms with E-state index in [1.165, 1.54) is 25.1 Å². The number of unbranched alkanes of at least 4 members (excludes halogenated alkanes) is 2. The third-order valence-electron chi connectivity index (χ3n) is 3.94. The Hall–Kier alpha value is -3.09. The Morgan fingerprint density at radius 3 is 2.43 bits per heavy atom. The predicted molar refractivity (Wildman–Crippen MR) is 104 cm³/mol. The maximum Gasteiger partial charge on any atom is 0.279 e. The number of rotatable bonds is 9. The minimum absolute atomic E-state index is 0.0361. The summed E-state index contributed by atoms with van der Waals surface area (Å²) in [6.45, 7) is 4.22. The summed E-state index contributed by atoms with van der Waals surface area (Å²) >= 11 is 0. The minimum atomic E-state index is -0.990. The zero-order chi connectivity index (χ0) is 20.4. The van der Waals surface area contributed by atoms with Crippen LogP contribution in [0.25, 0.3) is 0 Å². The maximum absolute atomic E-state index is 13.6. The summed E-state index contributed by atoms with van der Waals surface area (Å²) in [6.07, 6.45) is 2.23. The molecule has 28 heavy (non-hydrogen) atoms. The lowest BCUT2D eigenvalue weighted by Gasteiger charge is -2.15. The zero-order valence-electron chi connectivity index (χ0n) is 16.0. The molecule has 2 aromatic carbocycles. The smallest absolute Gasteiger partial charge is 0.279 e. The highest BCUT2D eigenvalue weighted by atomic mass is 19.1. The second-order valence-electron chi connectivity index (χ2n) is 6.21. The standard InChI is InChI=1S/C21H25FN2O4/c1-3-4-7-14-27-17-12-10-16(11-13-17)21(26)24-23-20(25)15(2)28-19-9-6-5-8-18(19)22/h5-6,8-13,15H,3-4,7,14H2,1-2H3,(H,23,25)(H,24,26). The Kier molecular flexibility index (Phi) is 8.27. The Morgan fingerprint density at radius 2 is 1.75 bits per heavy atom. The van der Waals surface area contributed by atoms with Crippen LogP contribution in [0.1, 0.15) is 43.5 Å². The highest BCUT2D eigenvalue weighted by Crippen LogP contribution is 2.17. The Labute approximate surface area is 164 Å². The van der Waals surface area contributed by atoms with Crippen LogP contribution in [0.15, 0.2) is 48.5 Å². The molecule has 2 rings (SSSR count). The average molecular weight is 388 g/mol. The number of carbonyl (C=O) groups is 2. The molecule has 150 valence electrons. The van der Waals surface area contributed by atoms with E-state index in [-0.39, 0.29) is 5.75 Å². The third-order valence-corrected chi connectivity index (χ3v) is 3.94. The van der Waals surface area contributed by atoms with E-state index in [1.54, 1.807) is 30.3 Å². The van der Waals surface area contributed by atoms with Gasteiger partial charge in [-0.15, -0.1) is 0 Å². The summed E-state index contributed by atoms with van der Waals surface area (Å²) < 4.78 is 24.4. The van der Waals surface area contributed by atoms with Gasteiger partial charge in [0.1, 0.15) is 5.75 Å². The van der Waals surface area contributed by atoms with Gasteiger partial charge in [-0.25, -0.2) is 4.39 Å². The number of carbonyl (C=O) groups excluding carboxylic acids is 2. The zero-order valence-corrected chi connectivity index (χ0v) is 16.0. The quantitative estimate of drug-likeness (QED) is 0.508. The fourth-order valence-electron chi connectivity index (χ4n) is 2.32. The number of hydrogen-bond donors (Lipinski definition) is 2. The fourth-order valence-corrected chi connectivity index (χ4v) is 2.32. The summed E-state index contributed by atoms with van der Waals surface area (Å²) in [5, 5.41) is 0. The molecule has 0 fully saturated rings. The fraction of sp³-hybridized carbons (Fsp3) is 0.333. The van der Waals surface area contributed by atoms with Crippen LogP contribution in [0.4, 0.5) is 4.39 Å². The average Bonchev–Trinajstić information content (AvgIpc) is 2.71. The van der Waals surface area contributed by atoms with E-state index in [0.29, 0.717) is 17.9 Å². The lowest BCUT2D eigenvalue weighted by molar-refractivity contribution is -0.128. The van der Waals surface area contributed by atoms with Crippen LogP contribution in [0, 0.1) is 5.82 Å². The molecule has 0 aliphatic carbocycles. The second kappa shape index (κ2) is 10.9. The first kappa shape index (κ1) is 21.2. The van der Waals surface area contributed by atoms with Gasteiger partial charge < -0.3 is 9.47 Å². The number of nitrogens with one attached hydrogen (secondary N) is 2. The van der Waals surface area contributed by atoms with Crippen LogP contribution in [0.2, 0.25) is 0 Å². The van der Waals surface area contributed by atoms with Crippen molar-refractivity contribution in [3.05, 3.63) is 59.9 Å². The molecule has 2 amide bonds. The Bertz CT molecular complexity index is 780. The van der Waals surface area contributed by atoms with Crippen molar-refractivity contribution in [2.24, 2.45) is 0 Å². The molecule has 0 spiro atoms. The second-order valence-corrected chi connectivity index (χ2v) is 6.21. The van der Waals surface area contributed by atoms with Gasteiger partial charge in [-0.05, 0) is 49.7 Å². The van der Waals surface area contributed by atoms with Crippen molar-refractivity contribution >= 4 is 11.8 Å². The molecule has 0 aliphatic heterocycles. The molecule has 0 aliphatic rings. The number of amides is 2. The highest BCUT2D eigenvalue weighted by Gasteiger charge is 2.17. The monoisotopic (exact) mass is 388 g/mol. The Balaban J connectivity index is 1.79. The Morgan fingerprint density at radius 1 is 1.04 bits per heavy atom. The molecule has 0 saturated carbocycles. The molecule has 0 aromatic heterocycles. The van der Waals surface area contributed by atoms with Crippen LogP contribution in [-0.4, -0.2) is 24.5 Å². The van der Waals surface area contributed by atoms with Gasteiger partial charge >= 0.3 is 0 Å². The van der Waals surface area contributed by atoms with E-state index in [4.69, 9.17) is 9.47 Å². The van der Waals surface area contributed by atoms with Crippen LogP contribution in [0.5, 0.6) is 11.5 Å². The van der Waals surface area contributed by atoms with Crippen molar-refractivity contribution in [2.45, 2.75) is 39.2 Å². The summed E-state index contributed by atoms with van der Waals surface area (Å²) in [6, 6.07) is 12.4. The normalized spacial score (nSPS) is 11.4. The lowest BCUT2D eigenvalue weighted by Crippen LogP contribution is -2.47. The lowest BCUT2D eigenvalue weighted by atomic mass is 10.2. The van der Waals surface area contributed by atoms with Gasteiger partial charge in [-0.3, -0.25) is 20.4 Å². The van der Waals surface area contributed by atoms with Gasteiger partial charge in [0.05, 0.1) is 6.61 Å². The first-order chi connectivity index (χ1) is 13.5. The van der Waals surface area contributed by atoms with Crippen molar-refractivity contribution in [2.75, 3.05) is 6.61 Å². The van der Waals surface area contributed by atoms with Gasteiger partial charge in [0.2, 0.25) is 0 Å². The molecular weight excluding hydrogens is 363 g/mol. The third kappa shape index (κ3) is 6.57.